The third-order valence-corrected chi connectivity index (χ3v) is 5.60. The van der Waals surface area contributed by atoms with E-state index in [4.69, 9.17) is 4.74 Å². The number of morpholine rings is 1. The fraction of sp³-hybridized carbons (Fsp3) is 0.579. The zero-order valence-electron chi connectivity index (χ0n) is 14.4. The van der Waals surface area contributed by atoms with Crippen molar-refractivity contribution in [2.45, 2.75) is 31.3 Å². The normalized spacial score (nSPS) is 24.9. The van der Waals surface area contributed by atoms with Crippen molar-refractivity contribution < 1.29 is 14.3 Å². The number of ether oxygens (including phenoxy) is 1. The van der Waals surface area contributed by atoms with Gasteiger partial charge in [0, 0.05) is 32.2 Å². The van der Waals surface area contributed by atoms with Gasteiger partial charge in [-0.1, -0.05) is 24.3 Å². The monoisotopic (exact) mass is 343 g/mol. The van der Waals surface area contributed by atoms with Crippen LogP contribution in [-0.4, -0.2) is 73.1 Å². The molecule has 134 valence electrons. The Morgan fingerprint density at radius 1 is 1.12 bits per heavy atom. The lowest BCUT2D eigenvalue weighted by Gasteiger charge is -2.39. The van der Waals surface area contributed by atoms with E-state index >= 15 is 0 Å². The first kappa shape index (κ1) is 16.5. The third-order valence-electron chi connectivity index (χ3n) is 5.60. The maximum Gasteiger partial charge on any atom is 0.237 e. The third kappa shape index (κ3) is 3.41. The standard InChI is InChI=1S/C19H25N3O3/c23-18(21-7-9-25-10-8-21)13-17-19(24)20-5-6-22(17)16-11-14-3-1-2-4-15(14)12-16/h1-4,16-17H,5-13H2,(H,20,24). The fourth-order valence-electron chi connectivity index (χ4n) is 4.26. The Hall–Kier alpha value is -1.92. The summed E-state index contributed by atoms with van der Waals surface area (Å²) < 4.78 is 5.32. The Morgan fingerprint density at radius 3 is 2.48 bits per heavy atom. The molecular formula is C19H25N3O3. The van der Waals surface area contributed by atoms with Crippen LogP contribution in [0.15, 0.2) is 24.3 Å². The first-order valence-electron chi connectivity index (χ1n) is 9.18. The van der Waals surface area contributed by atoms with Crippen LogP contribution in [0.3, 0.4) is 0 Å². The maximum absolute atomic E-state index is 12.7. The van der Waals surface area contributed by atoms with Crippen LogP contribution >= 0.6 is 0 Å². The van der Waals surface area contributed by atoms with E-state index in [-0.39, 0.29) is 24.3 Å². The number of piperazine rings is 1. The van der Waals surface area contributed by atoms with Crippen LogP contribution in [0.1, 0.15) is 17.5 Å². The minimum absolute atomic E-state index is 0.0104. The van der Waals surface area contributed by atoms with Crippen LogP contribution < -0.4 is 5.32 Å². The molecule has 2 fully saturated rings. The quantitative estimate of drug-likeness (QED) is 0.852. The second kappa shape index (κ2) is 7.14. The number of hydrogen-bond acceptors (Lipinski definition) is 4. The van der Waals surface area contributed by atoms with E-state index in [0.717, 1.165) is 19.4 Å². The number of fused-ring (bicyclic) bond motifs is 1. The number of hydrogen-bond donors (Lipinski definition) is 1. The minimum atomic E-state index is -0.358. The summed E-state index contributed by atoms with van der Waals surface area (Å²) in [6.07, 6.45) is 2.19. The van der Waals surface area contributed by atoms with Gasteiger partial charge in [-0.3, -0.25) is 14.5 Å². The molecule has 2 saturated heterocycles. The first-order chi connectivity index (χ1) is 12.2. The molecule has 0 aromatic heterocycles. The summed E-state index contributed by atoms with van der Waals surface area (Å²) in [6.45, 7) is 3.90. The van der Waals surface area contributed by atoms with Gasteiger partial charge in [-0.15, -0.1) is 0 Å². The molecular weight excluding hydrogens is 318 g/mol. The van der Waals surface area contributed by atoms with Crippen molar-refractivity contribution in [3.63, 3.8) is 0 Å². The molecule has 6 heteroatoms. The van der Waals surface area contributed by atoms with Crippen molar-refractivity contribution in [2.24, 2.45) is 0 Å². The molecule has 2 amide bonds. The van der Waals surface area contributed by atoms with Gasteiger partial charge in [0.25, 0.3) is 0 Å². The topological polar surface area (TPSA) is 61.9 Å². The molecule has 0 bridgehead atoms. The van der Waals surface area contributed by atoms with E-state index in [1.54, 1.807) is 0 Å². The summed E-state index contributed by atoms with van der Waals surface area (Å²) in [4.78, 5) is 29.2. The molecule has 1 atom stereocenters. The maximum atomic E-state index is 12.7. The minimum Gasteiger partial charge on any atom is -0.378 e. The Morgan fingerprint density at radius 2 is 1.80 bits per heavy atom. The van der Waals surface area contributed by atoms with Gasteiger partial charge in [-0.25, -0.2) is 0 Å². The molecule has 4 rings (SSSR count). The highest BCUT2D eigenvalue weighted by Crippen LogP contribution is 2.28. The highest BCUT2D eigenvalue weighted by Gasteiger charge is 2.38. The molecule has 0 spiro atoms. The predicted molar refractivity (Wildman–Crippen MR) is 93.2 cm³/mol. The van der Waals surface area contributed by atoms with Crippen LogP contribution in [0, 0.1) is 0 Å². The van der Waals surface area contributed by atoms with Crippen molar-refractivity contribution >= 4 is 11.8 Å². The summed E-state index contributed by atoms with van der Waals surface area (Å²) >= 11 is 0. The van der Waals surface area contributed by atoms with Gasteiger partial charge in [-0.05, 0) is 24.0 Å². The van der Waals surface area contributed by atoms with Gasteiger partial charge >= 0.3 is 0 Å². The van der Waals surface area contributed by atoms with Gasteiger partial charge in [0.05, 0.1) is 25.7 Å². The SMILES string of the molecule is O=C1NCCN(C2Cc3ccccc3C2)C1CC(=O)N1CCOCC1. The van der Waals surface area contributed by atoms with E-state index in [1.165, 1.54) is 11.1 Å². The van der Waals surface area contributed by atoms with Crippen LogP contribution in [0.2, 0.25) is 0 Å². The molecule has 1 aromatic carbocycles. The molecule has 1 aliphatic carbocycles. The van der Waals surface area contributed by atoms with Crippen molar-refractivity contribution in [2.75, 3.05) is 39.4 Å². The number of nitrogens with zero attached hydrogens (tertiary/aromatic N) is 2. The lowest BCUT2D eigenvalue weighted by atomic mass is 10.0. The number of benzene rings is 1. The van der Waals surface area contributed by atoms with Crippen LogP contribution in [0.5, 0.6) is 0 Å². The smallest absolute Gasteiger partial charge is 0.237 e. The van der Waals surface area contributed by atoms with E-state index in [1.807, 2.05) is 4.90 Å². The summed E-state index contributed by atoms with van der Waals surface area (Å²) in [5.74, 6) is 0.0506. The Labute approximate surface area is 148 Å². The van der Waals surface area contributed by atoms with Crippen LogP contribution in [-0.2, 0) is 27.2 Å². The Bertz CT molecular complexity index is 632. The number of rotatable bonds is 3. The molecule has 0 radical (unpaired) electrons. The molecule has 1 aromatic rings. The van der Waals surface area contributed by atoms with E-state index < -0.39 is 0 Å². The molecule has 6 nitrogen and oxygen atoms in total. The number of carbonyl (C=O) groups excluding carboxylic acids is 2. The van der Waals surface area contributed by atoms with Crippen molar-refractivity contribution in [3.05, 3.63) is 35.4 Å². The second-order valence-electron chi connectivity index (χ2n) is 7.07. The van der Waals surface area contributed by atoms with Gasteiger partial charge in [-0.2, -0.15) is 0 Å². The van der Waals surface area contributed by atoms with E-state index in [2.05, 4.69) is 34.5 Å². The molecule has 3 aliphatic rings. The first-order valence-corrected chi connectivity index (χ1v) is 9.18. The average Bonchev–Trinajstić information content (AvgIpc) is 3.08. The van der Waals surface area contributed by atoms with Crippen molar-refractivity contribution in [1.82, 2.24) is 15.1 Å². The highest BCUT2D eigenvalue weighted by atomic mass is 16.5. The molecule has 1 N–H and O–H groups in total. The molecule has 2 aliphatic heterocycles. The Kier molecular flexibility index (Phi) is 4.72. The predicted octanol–water partition coefficient (Wildman–Crippen LogP) is 0.203. The summed E-state index contributed by atoms with van der Waals surface area (Å²) in [5.41, 5.74) is 2.74. The fourth-order valence-corrected chi connectivity index (χ4v) is 4.26. The van der Waals surface area contributed by atoms with Gasteiger partial charge in [0.15, 0.2) is 0 Å². The Balaban J connectivity index is 1.46. The highest BCUT2D eigenvalue weighted by molar-refractivity contribution is 5.89. The van der Waals surface area contributed by atoms with Gasteiger partial charge in [0.2, 0.25) is 11.8 Å². The number of nitrogens with one attached hydrogen (secondary N) is 1. The largest absolute Gasteiger partial charge is 0.378 e. The molecule has 1 unspecified atom stereocenters. The van der Waals surface area contributed by atoms with Crippen LogP contribution in [0.4, 0.5) is 0 Å². The lowest BCUT2D eigenvalue weighted by molar-refractivity contribution is -0.142. The zero-order valence-corrected chi connectivity index (χ0v) is 14.4. The summed E-state index contributed by atoms with van der Waals surface area (Å²) in [5, 5.41) is 2.94. The number of carbonyl (C=O) groups is 2. The zero-order chi connectivity index (χ0) is 17.2. The van der Waals surface area contributed by atoms with Crippen LogP contribution in [0.25, 0.3) is 0 Å². The second-order valence-corrected chi connectivity index (χ2v) is 7.07. The van der Waals surface area contributed by atoms with Gasteiger partial charge in [0.1, 0.15) is 0 Å². The summed E-state index contributed by atoms with van der Waals surface area (Å²) in [6, 6.07) is 8.45. The molecule has 2 heterocycles. The average molecular weight is 343 g/mol. The van der Waals surface area contributed by atoms with Gasteiger partial charge < -0.3 is 15.0 Å². The van der Waals surface area contributed by atoms with Crippen molar-refractivity contribution in [1.29, 1.82) is 0 Å². The lowest BCUT2D eigenvalue weighted by Crippen LogP contribution is -2.60. The molecule has 0 saturated carbocycles. The van der Waals surface area contributed by atoms with Crippen molar-refractivity contribution in [3.8, 4) is 0 Å². The van der Waals surface area contributed by atoms with E-state index in [9.17, 15) is 9.59 Å². The summed E-state index contributed by atoms with van der Waals surface area (Å²) in [7, 11) is 0. The van der Waals surface area contributed by atoms with E-state index in [0.29, 0.717) is 38.9 Å². The number of amides is 2. The molecule has 25 heavy (non-hydrogen) atoms.